The number of hydrogen-bond donors (Lipinski definition) is 1. The van der Waals surface area contributed by atoms with Crippen molar-refractivity contribution < 1.29 is 28.8 Å². The summed E-state index contributed by atoms with van der Waals surface area (Å²) in [6.45, 7) is 4.33. The molecule has 17 heavy (non-hydrogen) atoms. The Morgan fingerprint density at radius 1 is 0.588 bits per heavy atom. The molecule has 0 unspecified atom stereocenters. The molecular weight excluding hydrogens is 228 g/mol. The van der Waals surface area contributed by atoms with E-state index in [-0.39, 0.29) is 6.61 Å². The van der Waals surface area contributed by atoms with Crippen LogP contribution in [0.25, 0.3) is 0 Å². The molecule has 0 atom stereocenters. The van der Waals surface area contributed by atoms with Crippen LogP contribution in [0.4, 0.5) is 0 Å². The third-order valence-electron chi connectivity index (χ3n) is 1.53. The molecule has 0 bridgehead atoms. The first-order valence-electron chi connectivity index (χ1n) is 5.56. The van der Waals surface area contributed by atoms with Gasteiger partial charge in [0.25, 0.3) is 0 Å². The molecule has 0 aromatic carbocycles. The molecule has 6 heteroatoms. The molecule has 0 radical (unpaired) electrons. The summed E-state index contributed by atoms with van der Waals surface area (Å²) in [5.74, 6) is 0. The Bertz CT molecular complexity index is 100. The summed E-state index contributed by atoms with van der Waals surface area (Å²) in [5, 5.41) is 7.94. The third kappa shape index (κ3) is 25.8. The smallest absolute Gasteiger partial charge is 0.0701 e. The van der Waals surface area contributed by atoms with Gasteiger partial charge in [-0.15, -0.1) is 0 Å². The second-order valence-electron chi connectivity index (χ2n) is 2.93. The topological polar surface area (TPSA) is 66.4 Å². The predicted octanol–water partition coefficient (Wildman–Crippen LogP) is -0.0625. The fourth-order valence-electron chi connectivity index (χ4n) is 0.698. The molecule has 0 aliphatic rings. The van der Waals surface area contributed by atoms with Crippen molar-refractivity contribution >= 4 is 0 Å². The number of ether oxygens (including phenoxy) is 5. The van der Waals surface area contributed by atoms with E-state index in [1.165, 1.54) is 0 Å². The van der Waals surface area contributed by atoms with E-state index < -0.39 is 0 Å². The van der Waals surface area contributed by atoms with E-state index in [0.717, 1.165) is 0 Å². The standard InChI is InChI=1S/C8H18O4.C3H8O2/c1-9-3-5-11-7-8-12-6-4-10-2;1-5-3-2-4/h3-8H2,1-2H3;4H,2-3H2,1H3. The molecule has 106 valence electrons. The van der Waals surface area contributed by atoms with Crippen molar-refractivity contribution in [2.24, 2.45) is 0 Å². The average molecular weight is 254 g/mol. The van der Waals surface area contributed by atoms with E-state index in [1.807, 2.05) is 0 Å². The van der Waals surface area contributed by atoms with Crippen LogP contribution in [0.1, 0.15) is 0 Å². The molecule has 6 nitrogen and oxygen atoms in total. The van der Waals surface area contributed by atoms with Crippen LogP contribution in [0, 0.1) is 0 Å². The lowest BCUT2D eigenvalue weighted by molar-refractivity contribution is 0.0106. The molecule has 0 aromatic rings. The van der Waals surface area contributed by atoms with E-state index in [0.29, 0.717) is 46.2 Å². The Labute approximate surface area is 104 Å². The molecule has 0 saturated heterocycles. The van der Waals surface area contributed by atoms with E-state index in [2.05, 4.69) is 4.74 Å². The second kappa shape index (κ2) is 21.1. The van der Waals surface area contributed by atoms with Crippen molar-refractivity contribution in [2.75, 3.05) is 74.2 Å². The van der Waals surface area contributed by atoms with Gasteiger partial charge < -0.3 is 28.8 Å². The summed E-state index contributed by atoms with van der Waals surface area (Å²) in [5.41, 5.74) is 0. The van der Waals surface area contributed by atoms with Gasteiger partial charge in [0.2, 0.25) is 0 Å². The zero-order chi connectivity index (χ0) is 13.2. The van der Waals surface area contributed by atoms with Crippen molar-refractivity contribution in [2.45, 2.75) is 0 Å². The van der Waals surface area contributed by atoms with E-state index in [1.54, 1.807) is 21.3 Å². The Morgan fingerprint density at radius 3 is 1.18 bits per heavy atom. The van der Waals surface area contributed by atoms with E-state index in [4.69, 9.17) is 24.1 Å². The van der Waals surface area contributed by atoms with Crippen LogP contribution < -0.4 is 0 Å². The fourth-order valence-corrected chi connectivity index (χ4v) is 0.698. The van der Waals surface area contributed by atoms with Crippen LogP contribution in [0.2, 0.25) is 0 Å². The van der Waals surface area contributed by atoms with Crippen molar-refractivity contribution in [3.8, 4) is 0 Å². The number of hydrogen-bond acceptors (Lipinski definition) is 6. The average Bonchev–Trinajstić information content (AvgIpc) is 2.34. The maximum absolute atomic E-state index is 7.94. The number of aliphatic hydroxyl groups is 1. The molecule has 0 rings (SSSR count). The Balaban J connectivity index is 0. The minimum Gasteiger partial charge on any atom is -0.394 e. The number of rotatable bonds is 11. The van der Waals surface area contributed by atoms with Gasteiger partial charge in [0.15, 0.2) is 0 Å². The monoisotopic (exact) mass is 254 g/mol. The highest BCUT2D eigenvalue weighted by molar-refractivity contribution is 4.32. The maximum Gasteiger partial charge on any atom is 0.0701 e. The van der Waals surface area contributed by atoms with Crippen molar-refractivity contribution in [1.29, 1.82) is 0 Å². The summed E-state index contributed by atoms with van der Waals surface area (Å²) < 4.78 is 24.4. The summed E-state index contributed by atoms with van der Waals surface area (Å²) in [6.07, 6.45) is 0. The zero-order valence-corrected chi connectivity index (χ0v) is 11.1. The van der Waals surface area contributed by atoms with Crippen LogP contribution in [0.5, 0.6) is 0 Å². The lowest BCUT2D eigenvalue weighted by Gasteiger charge is -2.04. The van der Waals surface area contributed by atoms with Gasteiger partial charge in [-0.1, -0.05) is 0 Å². The SMILES string of the molecule is COCCO.COCCOCCOCCOC. The highest BCUT2D eigenvalue weighted by atomic mass is 16.5. The number of methoxy groups -OCH3 is 3. The molecular formula is C11H26O6. The largest absolute Gasteiger partial charge is 0.394 e. The van der Waals surface area contributed by atoms with Crippen LogP contribution >= 0.6 is 0 Å². The van der Waals surface area contributed by atoms with Crippen molar-refractivity contribution in [3.63, 3.8) is 0 Å². The maximum atomic E-state index is 7.94. The van der Waals surface area contributed by atoms with Crippen LogP contribution in [0.3, 0.4) is 0 Å². The normalized spacial score (nSPS) is 9.88. The van der Waals surface area contributed by atoms with Crippen LogP contribution in [-0.2, 0) is 23.7 Å². The molecule has 0 aliphatic heterocycles. The quantitative estimate of drug-likeness (QED) is 0.521. The van der Waals surface area contributed by atoms with Crippen molar-refractivity contribution in [3.05, 3.63) is 0 Å². The predicted molar refractivity (Wildman–Crippen MR) is 64.4 cm³/mol. The lowest BCUT2D eigenvalue weighted by atomic mass is 10.7. The van der Waals surface area contributed by atoms with Gasteiger partial charge in [0.1, 0.15) is 0 Å². The molecule has 0 spiro atoms. The van der Waals surface area contributed by atoms with E-state index in [9.17, 15) is 0 Å². The van der Waals surface area contributed by atoms with Gasteiger partial charge in [0, 0.05) is 21.3 Å². The molecule has 0 heterocycles. The summed E-state index contributed by atoms with van der Waals surface area (Å²) in [6, 6.07) is 0. The van der Waals surface area contributed by atoms with Gasteiger partial charge in [-0.25, -0.2) is 0 Å². The molecule has 0 aromatic heterocycles. The summed E-state index contributed by atoms with van der Waals surface area (Å²) >= 11 is 0. The van der Waals surface area contributed by atoms with Gasteiger partial charge in [-0.3, -0.25) is 0 Å². The van der Waals surface area contributed by atoms with E-state index >= 15 is 0 Å². The fraction of sp³-hybridized carbons (Fsp3) is 1.00. The highest BCUT2D eigenvalue weighted by Crippen LogP contribution is 1.79. The number of aliphatic hydroxyl groups excluding tert-OH is 1. The van der Waals surface area contributed by atoms with Crippen LogP contribution in [0.15, 0.2) is 0 Å². The molecule has 0 fully saturated rings. The first kappa shape index (κ1) is 19.1. The van der Waals surface area contributed by atoms with Crippen LogP contribution in [-0.4, -0.2) is 79.3 Å². The lowest BCUT2D eigenvalue weighted by Crippen LogP contribution is -2.10. The minimum absolute atomic E-state index is 0.122. The molecule has 0 saturated carbocycles. The Morgan fingerprint density at radius 2 is 0.941 bits per heavy atom. The zero-order valence-electron chi connectivity index (χ0n) is 11.1. The van der Waals surface area contributed by atoms with Gasteiger partial charge in [-0.05, 0) is 0 Å². The highest BCUT2D eigenvalue weighted by Gasteiger charge is 1.88. The van der Waals surface area contributed by atoms with Gasteiger partial charge >= 0.3 is 0 Å². The third-order valence-corrected chi connectivity index (χ3v) is 1.53. The molecule has 0 aliphatic carbocycles. The molecule has 0 amide bonds. The Hall–Kier alpha value is -0.240. The first-order valence-corrected chi connectivity index (χ1v) is 5.56. The second-order valence-corrected chi connectivity index (χ2v) is 2.93. The van der Waals surface area contributed by atoms with Gasteiger partial charge in [-0.2, -0.15) is 0 Å². The summed E-state index contributed by atoms with van der Waals surface area (Å²) in [7, 11) is 4.85. The first-order chi connectivity index (χ1) is 8.33. The minimum atomic E-state index is 0.122. The summed E-state index contributed by atoms with van der Waals surface area (Å²) in [4.78, 5) is 0. The van der Waals surface area contributed by atoms with Crippen molar-refractivity contribution in [1.82, 2.24) is 0 Å². The molecule has 1 N–H and O–H groups in total. The Kier molecular flexibility index (Phi) is 23.7. The van der Waals surface area contributed by atoms with Gasteiger partial charge in [0.05, 0.1) is 52.9 Å².